The lowest BCUT2D eigenvalue weighted by atomic mass is 10.4. The molecule has 0 bridgehead atoms. The number of hydrogen-bond acceptors (Lipinski definition) is 4. The summed E-state index contributed by atoms with van der Waals surface area (Å²) in [6, 6.07) is 0. The van der Waals surface area contributed by atoms with Crippen molar-refractivity contribution in [3.8, 4) is 0 Å². The molecule has 6 nitrogen and oxygen atoms in total. The van der Waals surface area contributed by atoms with E-state index in [0.29, 0.717) is 12.2 Å². The lowest BCUT2D eigenvalue weighted by Crippen LogP contribution is -2.19. The molecule has 0 saturated heterocycles. The SMILES string of the molecule is CCn1cc(C(C)S(N)(=O)=O)nn1. The molecule has 0 aromatic carbocycles. The molecule has 1 aromatic heterocycles. The summed E-state index contributed by atoms with van der Waals surface area (Å²) in [7, 11) is -3.57. The average molecular weight is 204 g/mol. The van der Waals surface area contributed by atoms with Crippen molar-refractivity contribution in [2.75, 3.05) is 0 Å². The Morgan fingerprint density at radius 2 is 2.31 bits per heavy atom. The molecule has 13 heavy (non-hydrogen) atoms. The van der Waals surface area contributed by atoms with Gasteiger partial charge in [-0.3, -0.25) is 4.68 Å². The van der Waals surface area contributed by atoms with Crippen LogP contribution in [0, 0.1) is 0 Å². The summed E-state index contributed by atoms with van der Waals surface area (Å²) in [4.78, 5) is 0. The van der Waals surface area contributed by atoms with Gasteiger partial charge in [0.2, 0.25) is 10.0 Å². The summed E-state index contributed by atoms with van der Waals surface area (Å²) in [5.74, 6) is 0. The first kappa shape index (κ1) is 10.1. The molecule has 1 rings (SSSR count). The van der Waals surface area contributed by atoms with Crippen LogP contribution in [0.4, 0.5) is 0 Å². The number of primary sulfonamides is 1. The Balaban J connectivity index is 2.96. The van der Waals surface area contributed by atoms with E-state index in [0.717, 1.165) is 0 Å². The predicted molar refractivity (Wildman–Crippen MR) is 47.2 cm³/mol. The van der Waals surface area contributed by atoms with Gasteiger partial charge in [-0.1, -0.05) is 5.21 Å². The summed E-state index contributed by atoms with van der Waals surface area (Å²) in [5.41, 5.74) is 0.379. The maximum atomic E-state index is 10.9. The predicted octanol–water partition coefficient (Wildman–Crippen LogP) is -0.352. The quantitative estimate of drug-likeness (QED) is 0.728. The molecule has 0 radical (unpaired) electrons. The van der Waals surface area contributed by atoms with Crippen molar-refractivity contribution in [2.45, 2.75) is 25.6 Å². The zero-order chi connectivity index (χ0) is 10.1. The van der Waals surface area contributed by atoms with Gasteiger partial charge in [0.05, 0.1) is 0 Å². The highest BCUT2D eigenvalue weighted by Crippen LogP contribution is 2.15. The fraction of sp³-hybridized carbons (Fsp3) is 0.667. The van der Waals surface area contributed by atoms with Gasteiger partial charge in [0.15, 0.2) is 0 Å². The molecule has 7 heteroatoms. The first-order valence-electron chi connectivity index (χ1n) is 3.86. The van der Waals surface area contributed by atoms with Crippen molar-refractivity contribution >= 4 is 10.0 Å². The Bertz CT molecular complexity index is 383. The van der Waals surface area contributed by atoms with E-state index in [1.807, 2.05) is 6.92 Å². The number of hydrogen-bond donors (Lipinski definition) is 1. The van der Waals surface area contributed by atoms with Gasteiger partial charge in [-0.25, -0.2) is 13.6 Å². The molecule has 0 aliphatic carbocycles. The van der Waals surface area contributed by atoms with Gasteiger partial charge in [0.25, 0.3) is 0 Å². The molecule has 0 spiro atoms. The van der Waals surface area contributed by atoms with Crippen LogP contribution < -0.4 is 5.14 Å². The third-order valence-corrected chi connectivity index (χ3v) is 3.02. The molecule has 0 aliphatic heterocycles. The molecule has 2 N–H and O–H groups in total. The average Bonchev–Trinajstić information content (AvgIpc) is 2.48. The molecule has 74 valence electrons. The highest BCUT2D eigenvalue weighted by Gasteiger charge is 2.20. The molecule has 1 unspecified atom stereocenters. The van der Waals surface area contributed by atoms with Crippen LogP contribution in [0.3, 0.4) is 0 Å². The Labute approximate surface area is 76.8 Å². The Kier molecular flexibility index (Phi) is 2.67. The summed E-state index contributed by atoms with van der Waals surface area (Å²) in [6.07, 6.45) is 1.58. The second-order valence-electron chi connectivity index (χ2n) is 2.73. The second kappa shape index (κ2) is 3.43. The van der Waals surface area contributed by atoms with E-state index < -0.39 is 15.3 Å². The van der Waals surface area contributed by atoms with E-state index in [4.69, 9.17) is 5.14 Å². The zero-order valence-electron chi connectivity index (χ0n) is 7.51. The number of aryl methyl sites for hydroxylation is 1. The van der Waals surface area contributed by atoms with Crippen LogP contribution >= 0.6 is 0 Å². The molecular formula is C6H12N4O2S. The van der Waals surface area contributed by atoms with E-state index >= 15 is 0 Å². The van der Waals surface area contributed by atoms with Crippen LogP contribution in [0.1, 0.15) is 24.8 Å². The number of nitrogens with two attached hydrogens (primary N) is 1. The Morgan fingerprint density at radius 1 is 1.69 bits per heavy atom. The number of sulfonamides is 1. The normalized spacial score (nSPS) is 14.4. The zero-order valence-corrected chi connectivity index (χ0v) is 8.32. The lowest BCUT2D eigenvalue weighted by Gasteiger charge is -2.02. The molecule has 0 fully saturated rings. The largest absolute Gasteiger partial charge is 0.253 e. The van der Waals surface area contributed by atoms with Gasteiger partial charge in [0.1, 0.15) is 10.9 Å². The molecule has 1 atom stereocenters. The first-order valence-corrected chi connectivity index (χ1v) is 5.47. The van der Waals surface area contributed by atoms with Crippen molar-refractivity contribution in [1.29, 1.82) is 0 Å². The lowest BCUT2D eigenvalue weighted by molar-refractivity contribution is 0.586. The van der Waals surface area contributed by atoms with Crippen LogP contribution in [0.15, 0.2) is 6.20 Å². The molecule has 0 aliphatic rings. The van der Waals surface area contributed by atoms with Gasteiger partial charge < -0.3 is 0 Å². The van der Waals surface area contributed by atoms with Gasteiger partial charge in [-0.05, 0) is 13.8 Å². The monoisotopic (exact) mass is 204 g/mol. The van der Waals surface area contributed by atoms with E-state index in [-0.39, 0.29) is 0 Å². The topological polar surface area (TPSA) is 90.9 Å². The maximum absolute atomic E-state index is 10.9. The summed E-state index contributed by atoms with van der Waals surface area (Å²) in [6.45, 7) is 4.03. The van der Waals surface area contributed by atoms with Gasteiger partial charge >= 0.3 is 0 Å². The van der Waals surface area contributed by atoms with Crippen molar-refractivity contribution < 1.29 is 8.42 Å². The van der Waals surface area contributed by atoms with Crippen molar-refractivity contribution in [2.24, 2.45) is 5.14 Å². The van der Waals surface area contributed by atoms with Crippen LogP contribution in [-0.4, -0.2) is 23.4 Å². The van der Waals surface area contributed by atoms with E-state index in [2.05, 4.69) is 10.3 Å². The van der Waals surface area contributed by atoms with Gasteiger partial charge in [-0.15, -0.1) is 5.10 Å². The second-order valence-corrected chi connectivity index (χ2v) is 4.62. The number of aromatic nitrogens is 3. The minimum Gasteiger partial charge on any atom is -0.253 e. The minimum atomic E-state index is -3.57. The maximum Gasteiger partial charge on any atom is 0.217 e. The molecule has 0 saturated carbocycles. The van der Waals surface area contributed by atoms with Crippen LogP contribution in [-0.2, 0) is 16.6 Å². The smallest absolute Gasteiger partial charge is 0.217 e. The Morgan fingerprint density at radius 3 is 2.69 bits per heavy atom. The molecule has 1 heterocycles. The van der Waals surface area contributed by atoms with E-state index in [1.165, 1.54) is 6.92 Å². The van der Waals surface area contributed by atoms with E-state index in [1.54, 1.807) is 10.9 Å². The summed E-state index contributed by atoms with van der Waals surface area (Å²) < 4.78 is 23.4. The highest BCUT2D eigenvalue weighted by molar-refractivity contribution is 7.89. The Hall–Kier alpha value is -0.950. The third-order valence-electron chi connectivity index (χ3n) is 1.79. The summed E-state index contributed by atoms with van der Waals surface area (Å²) >= 11 is 0. The number of nitrogens with zero attached hydrogens (tertiary/aromatic N) is 3. The molecule has 0 amide bonds. The molecule has 1 aromatic rings. The number of rotatable bonds is 3. The van der Waals surface area contributed by atoms with E-state index in [9.17, 15) is 8.42 Å². The first-order chi connectivity index (χ1) is 5.95. The van der Waals surface area contributed by atoms with Crippen LogP contribution in [0.25, 0.3) is 0 Å². The highest BCUT2D eigenvalue weighted by atomic mass is 32.2. The van der Waals surface area contributed by atoms with Crippen LogP contribution in [0.5, 0.6) is 0 Å². The van der Waals surface area contributed by atoms with Crippen molar-refractivity contribution in [1.82, 2.24) is 15.0 Å². The van der Waals surface area contributed by atoms with Gasteiger partial charge in [-0.2, -0.15) is 0 Å². The van der Waals surface area contributed by atoms with Crippen molar-refractivity contribution in [3.63, 3.8) is 0 Å². The fourth-order valence-electron chi connectivity index (χ4n) is 0.823. The van der Waals surface area contributed by atoms with Crippen molar-refractivity contribution in [3.05, 3.63) is 11.9 Å². The minimum absolute atomic E-state index is 0.379. The molecular weight excluding hydrogens is 192 g/mol. The standard InChI is InChI=1S/C6H12N4O2S/c1-3-10-4-6(8-9-10)5(2)13(7,11)12/h4-5H,3H2,1-2H3,(H2,7,11,12). The third kappa shape index (κ3) is 2.25. The summed E-state index contributed by atoms with van der Waals surface area (Å²) in [5, 5.41) is 11.6. The fourth-order valence-corrected chi connectivity index (χ4v) is 1.27. The van der Waals surface area contributed by atoms with Crippen LogP contribution in [0.2, 0.25) is 0 Å². The van der Waals surface area contributed by atoms with Gasteiger partial charge in [0, 0.05) is 12.7 Å².